The first-order valence-electron chi connectivity index (χ1n) is 9.10. The molecule has 1 aromatic heterocycles. The molecule has 0 atom stereocenters. The van der Waals surface area contributed by atoms with Gasteiger partial charge >= 0.3 is 0 Å². The highest BCUT2D eigenvalue weighted by atomic mass is 14.7. The van der Waals surface area contributed by atoms with Crippen molar-refractivity contribution in [3.63, 3.8) is 0 Å². The van der Waals surface area contributed by atoms with Gasteiger partial charge in [0.05, 0.1) is 11.9 Å². The highest BCUT2D eigenvalue weighted by Gasteiger charge is 2.18. The van der Waals surface area contributed by atoms with Gasteiger partial charge in [-0.1, -0.05) is 97.1 Å². The Labute approximate surface area is 160 Å². The summed E-state index contributed by atoms with van der Waals surface area (Å²) in [6, 6.07) is 31.2. The number of pyridine rings is 1. The molecule has 4 aromatic rings. The molecule has 0 spiro atoms. The van der Waals surface area contributed by atoms with E-state index in [1.54, 1.807) is 0 Å². The Hall–Kier alpha value is -3.45. The fourth-order valence-electron chi connectivity index (χ4n) is 3.42. The summed E-state index contributed by atoms with van der Waals surface area (Å²) < 4.78 is 0. The molecule has 0 aliphatic heterocycles. The average molecular weight is 346 g/mol. The van der Waals surface area contributed by atoms with E-state index >= 15 is 0 Å². The van der Waals surface area contributed by atoms with Crippen LogP contribution in [0.4, 0.5) is 0 Å². The average Bonchev–Trinajstić information content (AvgIpc) is 2.75. The smallest absolute Gasteiger partial charge is 0.0985 e. The molecular weight excluding hydrogens is 326 g/mol. The van der Waals surface area contributed by atoms with E-state index in [1.165, 1.54) is 16.7 Å². The van der Waals surface area contributed by atoms with E-state index in [-0.39, 0.29) is 0 Å². The first-order valence-corrected chi connectivity index (χ1v) is 9.10. The van der Waals surface area contributed by atoms with Crippen molar-refractivity contribution in [2.75, 3.05) is 0 Å². The van der Waals surface area contributed by atoms with Crippen molar-refractivity contribution in [2.24, 2.45) is 0 Å². The van der Waals surface area contributed by atoms with Crippen LogP contribution in [-0.2, 0) is 6.42 Å². The quantitative estimate of drug-likeness (QED) is 0.370. The van der Waals surface area contributed by atoms with Crippen LogP contribution in [0.5, 0.6) is 0 Å². The Kier molecular flexibility index (Phi) is 4.93. The molecule has 3 aromatic carbocycles. The Morgan fingerprint density at radius 3 is 1.78 bits per heavy atom. The molecule has 1 radical (unpaired) electrons. The minimum absolute atomic E-state index is 0.746. The van der Waals surface area contributed by atoms with E-state index in [4.69, 9.17) is 4.98 Å². The number of aromatic nitrogens is 1. The number of hydrogen-bond donors (Lipinski definition) is 0. The van der Waals surface area contributed by atoms with E-state index in [1.807, 2.05) is 36.4 Å². The molecule has 0 saturated heterocycles. The molecule has 0 N–H and O–H groups in total. The summed E-state index contributed by atoms with van der Waals surface area (Å²) in [5, 5.41) is 0. The third-order valence-corrected chi connectivity index (χ3v) is 4.64. The fraction of sp³-hybridized carbons (Fsp3) is 0.0385. The first-order chi connectivity index (χ1) is 13.4. The van der Waals surface area contributed by atoms with E-state index in [9.17, 15) is 0 Å². The third kappa shape index (κ3) is 3.45. The van der Waals surface area contributed by atoms with Crippen molar-refractivity contribution in [2.45, 2.75) is 6.42 Å². The molecule has 0 unspecified atom stereocenters. The molecule has 0 aliphatic rings. The number of allylic oxidation sites excluding steroid dienone is 1. The van der Waals surface area contributed by atoms with Gasteiger partial charge in [0.1, 0.15) is 0 Å². The fourth-order valence-corrected chi connectivity index (χ4v) is 3.42. The predicted molar refractivity (Wildman–Crippen MR) is 113 cm³/mol. The van der Waals surface area contributed by atoms with Crippen molar-refractivity contribution < 1.29 is 0 Å². The van der Waals surface area contributed by atoms with E-state index in [2.05, 4.69) is 73.4 Å². The van der Waals surface area contributed by atoms with Crippen LogP contribution in [-0.4, -0.2) is 4.98 Å². The van der Waals surface area contributed by atoms with Crippen LogP contribution in [0.3, 0.4) is 0 Å². The Morgan fingerprint density at radius 1 is 0.704 bits per heavy atom. The van der Waals surface area contributed by atoms with Crippen molar-refractivity contribution in [3.05, 3.63) is 115 Å². The van der Waals surface area contributed by atoms with Gasteiger partial charge in [-0.25, -0.2) is 4.98 Å². The minimum atomic E-state index is 0.746. The topological polar surface area (TPSA) is 12.9 Å². The van der Waals surface area contributed by atoms with Crippen LogP contribution in [0.15, 0.2) is 104 Å². The normalized spacial score (nSPS) is 10.5. The second kappa shape index (κ2) is 7.84. The van der Waals surface area contributed by atoms with Crippen LogP contribution < -0.4 is 0 Å². The highest BCUT2D eigenvalue weighted by Crippen LogP contribution is 2.38. The monoisotopic (exact) mass is 346 g/mol. The highest BCUT2D eigenvalue weighted by molar-refractivity contribution is 5.88. The standard InChI is InChI=1S/C26H20N/c1-2-12-23-25(21-15-8-4-9-16-21)24(20-13-6-3-7-14-20)19-27-26(23)22-17-10-5-11-18-22/h2-11,13-18H,1,12H2. The Bertz CT molecular complexity index is 1040. The molecule has 0 saturated carbocycles. The van der Waals surface area contributed by atoms with Gasteiger partial charge in [0.15, 0.2) is 0 Å². The number of hydrogen-bond acceptors (Lipinski definition) is 1. The molecule has 1 heterocycles. The summed E-state index contributed by atoms with van der Waals surface area (Å²) >= 11 is 0. The second-order valence-electron chi connectivity index (χ2n) is 6.39. The van der Waals surface area contributed by atoms with E-state index in [0.29, 0.717) is 0 Å². The van der Waals surface area contributed by atoms with Gasteiger partial charge in [-0.05, 0) is 28.7 Å². The van der Waals surface area contributed by atoms with Crippen molar-refractivity contribution >= 4 is 0 Å². The zero-order valence-corrected chi connectivity index (χ0v) is 15.1. The number of rotatable bonds is 5. The van der Waals surface area contributed by atoms with Crippen LogP contribution in [0.1, 0.15) is 5.56 Å². The van der Waals surface area contributed by atoms with Crippen LogP contribution in [0.2, 0.25) is 0 Å². The minimum Gasteiger partial charge on any atom is -0.245 e. The third-order valence-electron chi connectivity index (χ3n) is 4.64. The second-order valence-corrected chi connectivity index (χ2v) is 6.39. The molecule has 1 nitrogen and oxygen atoms in total. The molecular formula is C26H20N. The van der Waals surface area contributed by atoms with Crippen molar-refractivity contribution in [1.82, 2.24) is 4.98 Å². The largest absolute Gasteiger partial charge is 0.245 e. The summed E-state index contributed by atoms with van der Waals surface area (Å²) in [4.78, 5) is 4.76. The Balaban J connectivity index is 2.05. The van der Waals surface area contributed by atoms with Crippen molar-refractivity contribution in [1.29, 1.82) is 0 Å². The van der Waals surface area contributed by atoms with Crippen LogP contribution >= 0.6 is 0 Å². The summed E-state index contributed by atoms with van der Waals surface area (Å²) in [6.07, 6.45) is 6.03. The van der Waals surface area contributed by atoms with Gasteiger partial charge in [-0.2, -0.15) is 0 Å². The zero-order chi connectivity index (χ0) is 18.5. The maximum Gasteiger partial charge on any atom is 0.0985 e. The van der Waals surface area contributed by atoms with Gasteiger partial charge < -0.3 is 0 Å². The van der Waals surface area contributed by atoms with E-state index < -0.39 is 0 Å². The lowest BCUT2D eigenvalue weighted by Gasteiger charge is -2.18. The van der Waals surface area contributed by atoms with Crippen LogP contribution in [0.25, 0.3) is 33.5 Å². The van der Waals surface area contributed by atoms with Gasteiger partial charge in [-0.3, -0.25) is 0 Å². The molecule has 27 heavy (non-hydrogen) atoms. The maximum atomic E-state index is 4.76. The molecule has 0 amide bonds. The van der Waals surface area contributed by atoms with Crippen LogP contribution in [0, 0.1) is 6.20 Å². The zero-order valence-electron chi connectivity index (χ0n) is 15.1. The van der Waals surface area contributed by atoms with Gasteiger partial charge in [0, 0.05) is 11.1 Å². The molecule has 0 bridgehead atoms. The summed E-state index contributed by atoms with van der Waals surface area (Å²) in [6.45, 7) is 3.99. The number of nitrogens with zero attached hydrogens (tertiary/aromatic N) is 1. The molecule has 0 aliphatic carbocycles. The maximum absolute atomic E-state index is 4.76. The lowest BCUT2D eigenvalue weighted by molar-refractivity contribution is 1.19. The predicted octanol–water partition coefficient (Wildman–Crippen LogP) is 6.61. The van der Waals surface area contributed by atoms with Gasteiger partial charge in [-0.15, -0.1) is 6.58 Å². The van der Waals surface area contributed by atoms with Crippen molar-refractivity contribution in [3.8, 4) is 33.5 Å². The van der Waals surface area contributed by atoms with Gasteiger partial charge in [0.2, 0.25) is 0 Å². The summed E-state index contributed by atoms with van der Waals surface area (Å²) in [5.41, 5.74) is 7.74. The molecule has 0 fully saturated rings. The Morgan fingerprint density at radius 2 is 1.22 bits per heavy atom. The van der Waals surface area contributed by atoms with E-state index in [0.717, 1.165) is 28.8 Å². The summed E-state index contributed by atoms with van der Waals surface area (Å²) in [7, 11) is 0. The number of benzene rings is 3. The van der Waals surface area contributed by atoms with Gasteiger partial charge in [0.25, 0.3) is 0 Å². The molecule has 4 rings (SSSR count). The summed E-state index contributed by atoms with van der Waals surface area (Å²) in [5.74, 6) is 0. The molecule has 1 heteroatoms. The molecule has 129 valence electrons. The first kappa shape index (κ1) is 17.0. The lowest BCUT2D eigenvalue weighted by atomic mass is 9.88. The SMILES string of the molecule is C=CCc1c(-c2ccccc2)n[c]c(-c2ccccc2)c1-c1ccccc1. The lowest BCUT2D eigenvalue weighted by Crippen LogP contribution is -2.00.